The van der Waals surface area contributed by atoms with Gasteiger partial charge in [0.2, 0.25) is 6.39 Å². The lowest BCUT2D eigenvalue weighted by atomic mass is 9.94. The third-order valence-electron chi connectivity index (χ3n) is 3.16. The van der Waals surface area contributed by atoms with E-state index >= 15 is 0 Å². The van der Waals surface area contributed by atoms with Crippen molar-refractivity contribution in [1.29, 1.82) is 0 Å². The molecule has 1 aliphatic rings. The van der Waals surface area contributed by atoms with Crippen molar-refractivity contribution in [3.05, 3.63) is 35.7 Å². The van der Waals surface area contributed by atoms with E-state index in [2.05, 4.69) is 27.0 Å². The van der Waals surface area contributed by atoms with Gasteiger partial charge in [0.05, 0.1) is 6.54 Å². The van der Waals surface area contributed by atoms with Crippen molar-refractivity contribution in [2.75, 3.05) is 0 Å². The molecule has 1 atom stereocenters. The third kappa shape index (κ3) is 1.53. The van der Waals surface area contributed by atoms with E-state index in [1.165, 1.54) is 17.7 Å². The zero-order valence-electron chi connectivity index (χ0n) is 8.97. The Bertz CT molecular complexity index is 474. The Labute approximate surface area is 93.3 Å². The molecule has 84 valence electrons. The maximum Gasteiger partial charge on any atom is 0.213 e. The first-order valence-electron chi connectivity index (χ1n) is 5.53. The Kier molecular flexibility index (Phi) is 2.25. The van der Waals surface area contributed by atoms with Crippen LogP contribution in [0.1, 0.15) is 36.0 Å². The summed E-state index contributed by atoms with van der Waals surface area (Å²) < 4.78 is 6.90. The number of hydrogen-bond acceptors (Lipinski definition) is 4. The fraction of sp³-hybridized carbons (Fsp3) is 0.455. The van der Waals surface area contributed by atoms with Crippen LogP contribution in [0.25, 0.3) is 0 Å². The van der Waals surface area contributed by atoms with Crippen molar-refractivity contribution in [2.24, 2.45) is 5.73 Å². The lowest BCUT2D eigenvalue weighted by molar-refractivity contribution is 0.407. The minimum absolute atomic E-state index is 0.190. The van der Waals surface area contributed by atoms with Crippen LogP contribution in [-0.4, -0.2) is 14.7 Å². The van der Waals surface area contributed by atoms with E-state index in [1.807, 2.05) is 0 Å². The predicted octanol–water partition coefficient (Wildman–Crippen LogP) is 1.26. The maximum atomic E-state index is 6.07. The number of nitrogens with zero attached hydrogens (tertiary/aromatic N) is 3. The van der Waals surface area contributed by atoms with Crippen LogP contribution in [0.3, 0.4) is 0 Å². The van der Waals surface area contributed by atoms with Crippen LogP contribution < -0.4 is 5.73 Å². The summed E-state index contributed by atoms with van der Waals surface area (Å²) in [5.41, 5.74) is 8.67. The Morgan fingerprint density at radius 2 is 2.50 bits per heavy atom. The lowest BCUT2D eigenvalue weighted by Gasteiger charge is -2.20. The molecule has 0 aromatic carbocycles. The standard InChI is InChI=1S/C11H14N4O/c12-9-2-1-3-10-8(9)4-5-15(10)6-11-13-7-16-14-11/h4-5,7,9H,1-3,6,12H2. The SMILES string of the molecule is NC1CCCc2c1ccn2Cc1ncon1. The van der Waals surface area contributed by atoms with Crippen LogP contribution in [0.2, 0.25) is 0 Å². The van der Waals surface area contributed by atoms with Crippen LogP contribution in [0.4, 0.5) is 0 Å². The van der Waals surface area contributed by atoms with E-state index in [-0.39, 0.29) is 6.04 Å². The van der Waals surface area contributed by atoms with Crippen molar-refractivity contribution in [1.82, 2.24) is 14.7 Å². The molecule has 5 nitrogen and oxygen atoms in total. The zero-order chi connectivity index (χ0) is 11.0. The number of nitrogens with two attached hydrogens (primary N) is 1. The Hall–Kier alpha value is -1.62. The van der Waals surface area contributed by atoms with Crippen LogP contribution >= 0.6 is 0 Å². The third-order valence-corrected chi connectivity index (χ3v) is 3.16. The average molecular weight is 218 g/mol. The highest BCUT2D eigenvalue weighted by atomic mass is 16.5. The highest BCUT2D eigenvalue weighted by Gasteiger charge is 2.20. The summed E-state index contributed by atoms with van der Waals surface area (Å²) in [4.78, 5) is 4.03. The van der Waals surface area contributed by atoms with Gasteiger partial charge in [0.15, 0.2) is 5.82 Å². The van der Waals surface area contributed by atoms with Gasteiger partial charge in [0.1, 0.15) is 0 Å². The molecule has 5 heteroatoms. The molecule has 0 saturated carbocycles. The molecular formula is C11H14N4O. The molecule has 3 rings (SSSR count). The largest absolute Gasteiger partial charge is 0.343 e. The topological polar surface area (TPSA) is 69.9 Å². The smallest absolute Gasteiger partial charge is 0.213 e. The summed E-state index contributed by atoms with van der Waals surface area (Å²) in [6.45, 7) is 0.665. The molecule has 2 aromatic rings. The minimum Gasteiger partial charge on any atom is -0.343 e. The molecule has 2 N–H and O–H groups in total. The Balaban J connectivity index is 1.91. The molecule has 0 aliphatic heterocycles. The molecule has 0 radical (unpaired) electrons. The molecule has 0 amide bonds. The van der Waals surface area contributed by atoms with Crippen LogP contribution in [0, 0.1) is 0 Å². The molecule has 0 spiro atoms. The fourth-order valence-corrected chi connectivity index (χ4v) is 2.36. The number of rotatable bonds is 2. The fourth-order valence-electron chi connectivity index (χ4n) is 2.36. The Morgan fingerprint density at radius 1 is 1.56 bits per heavy atom. The van der Waals surface area contributed by atoms with Gasteiger partial charge in [0.25, 0.3) is 0 Å². The number of fused-ring (bicyclic) bond motifs is 1. The van der Waals surface area contributed by atoms with Crippen LogP contribution in [0.15, 0.2) is 23.2 Å². The van der Waals surface area contributed by atoms with Crippen LogP contribution in [0.5, 0.6) is 0 Å². The van der Waals surface area contributed by atoms with Gasteiger partial charge >= 0.3 is 0 Å². The maximum absolute atomic E-state index is 6.07. The Morgan fingerprint density at radius 3 is 3.31 bits per heavy atom. The lowest BCUT2D eigenvalue weighted by Crippen LogP contribution is -2.18. The first kappa shape index (κ1) is 9.59. The summed E-state index contributed by atoms with van der Waals surface area (Å²) in [6, 6.07) is 2.30. The monoisotopic (exact) mass is 218 g/mol. The predicted molar refractivity (Wildman–Crippen MR) is 57.7 cm³/mol. The molecule has 2 aromatic heterocycles. The van der Waals surface area contributed by atoms with E-state index in [0.29, 0.717) is 12.4 Å². The number of aromatic nitrogens is 3. The average Bonchev–Trinajstić information content (AvgIpc) is 2.90. The molecule has 0 saturated heterocycles. The zero-order valence-corrected chi connectivity index (χ0v) is 8.97. The van der Waals surface area contributed by atoms with Gasteiger partial charge in [-0.25, -0.2) is 0 Å². The van der Waals surface area contributed by atoms with Crippen molar-refractivity contribution in [3.8, 4) is 0 Å². The molecule has 2 heterocycles. The van der Waals surface area contributed by atoms with Gasteiger partial charge < -0.3 is 14.8 Å². The van der Waals surface area contributed by atoms with E-state index in [1.54, 1.807) is 0 Å². The molecule has 16 heavy (non-hydrogen) atoms. The number of hydrogen-bond donors (Lipinski definition) is 1. The van der Waals surface area contributed by atoms with E-state index in [9.17, 15) is 0 Å². The molecule has 1 aliphatic carbocycles. The van der Waals surface area contributed by atoms with Crippen molar-refractivity contribution in [2.45, 2.75) is 31.8 Å². The second-order valence-corrected chi connectivity index (χ2v) is 4.19. The van der Waals surface area contributed by atoms with E-state index in [0.717, 1.165) is 19.3 Å². The first-order chi connectivity index (χ1) is 7.84. The normalized spacial score (nSPS) is 19.7. The molecule has 1 unspecified atom stereocenters. The summed E-state index contributed by atoms with van der Waals surface area (Å²) >= 11 is 0. The van der Waals surface area contributed by atoms with Crippen molar-refractivity contribution in [3.63, 3.8) is 0 Å². The second kappa shape index (κ2) is 3.75. The van der Waals surface area contributed by atoms with Gasteiger partial charge in [-0.2, -0.15) is 4.98 Å². The van der Waals surface area contributed by atoms with Gasteiger partial charge in [0, 0.05) is 17.9 Å². The van der Waals surface area contributed by atoms with Crippen LogP contribution in [-0.2, 0) is 13.0 Å². The summed E-state index contributed by atoms with van der Waals surface area (Å²) in [6.07, 6.45) is 6.75. The quantitative estimate of drug-likeness (QED) is 0.823. The van der Waals surface area contributed by atoms with E-state index in [4.69, 9.17) is 10.3 Å². The molecule has 0 bridgehead atoms. The van der Waals surface area contributed by atoms with E-state index < -0.39 is 0 Å². The van der Waals surface area contributed by atoms with Gasteiger partial charge in [-0.15, -0.1) is 0 Å². The molecular weight excluding hydrogens is 204 g/mol. The molecule has 0 fully saturated rings. The summed E-state index contributed by atoms with van der Waals surface area (Å²) in [5, 5.41) is 3.82. The van der Waals surface area contributed by atoms with Gasteiger partial charge in [-0.3, -0.25) is 0 Å². The van der Waals surface area contributed by atoms with Gasteiger partial charge in [-0.05, 0) is 30.9 Å². The van der Waals surface area contributed by atoms with Crippen molar-refractivity contribution < 1.29 is 4.52 Å². The summed E-state index contributed by atoms with van der Waals surface area (Å²) in [5.74, 6) is 0.706. The minimum atomic E-state index is 0.190. The highest BCUT2D eigenvalue weighted by molar-refractivity contribution is 5.28. The second-order valence-electron chi connectivity index (χ2n) is 4.19. The highest BCUT2D eigenvalue weighted by Crippen LogP contribution is 2.28. The van der Waals surface area contributed by atoms with Gasteiger partial charge in [-0.1, -0.05) is 5.16 Å². The first-order valence-corrected chi connectivity index (χ1v) is 5.53. The van der Waals surface area contributed by atoms with Crippen molar-refractivity contribution >= 4 is 0 Å². The summed E-state index contributed by atoms with van der Waals surface area (Å²) in [7, 11) is 0.